The highest BCUT2D eigenvalue weighted by atomic mass is 31.2. The van der Waals surface area contributed by atoms with Gasteiger partial charge in [0.2, 0.25) is 0 Å². The predicted molar refractivity (Wildman–Crippen MR) is 405 cm³/mol. The van der Waals surface area contributed by atoms with E-state index < -0.39 is 97.5 Å². The molecular formula is C80H156O17P2. The first-order valence-corrected chi connectivity index (χ1v) is 44.8. The minimum atomic E-state index is -4.96. The van der Waals surface area contributed by atoms with Gasteiger partial charge in [-0.1, -0.05) is 381 Å². The van der Waals surface area contributed by atoms with Crippen molar-refractivity contribution in [1.82, 2.24) is 0 Å². The molecule has 0 aliphatic rings. The Morgan fingerprint density at radius 1 is 0.242 bits per heavy atom. The van der Waals surface area contributed by atoms with E-state index in [0.717, 1.165) is 96.3 Å². The van der Waals surface area contributed by atoms with Gasteiger partial charge >= 0.3 is 39.5 Å². The number of unbranched alkanes of at least 4 members (excludes halogenated alkanes) is 55. The van der Waals surface area contributed by atoms with Crippen LogP contribution in [0.1, 0.15) is 432 Å². The summed E-state index contributed by atoms with van der Waals surface area (Å²) in [6.45, 7) is 4.93. The number of phosphoric acid groups is 2. The van der Waals surface area contributed by atoms with Gasteiger partial charge in [-0.3, -0.25) is 37.3 Å². The van der Waals surface area contributed by atoms with Crippen molar-refractivity contribution in [1.29, 1.82) is 0 Å². The molecule has 19 heteroatoms. The highest BCUT2D eigenvalue weighted by Gasteiger charge is 2.30. The molecule has 0 saturated heterocycles. The molecule has 588 valence electrons. The fourth-order valence-corrected chi connectivity index (χ4v) is 14.0. The Balaban J connectivity index is 5.10. The molecule has 0 bridgehead atoms. The lowest BCUT2D eigenvalue weighted by Crippen LogP contribution is -2.30. The van der Waals surface area contributed by atoms with E-state index in [1.165, 1.54) is 257 Å². The molecule has 17 nitrogen and oxygen atoms in total. The van der Waals surface area contributed by atoms with Gasteiger partial charge in [-0.25, -0.2) is 9.13 Å². The molecule has 0 amide bonds. The van der Waals surface area contributed by atoms with Crippen LogP contribution in [-0.2, 0) is 65.4 Å². The highest BCUT2D eigenvalue weighted by molar-refractivity contribution is 7.47. The first kappa shape index (κ1) is 97.1. The zero-order chi connectivity index (χ0) is 72.5. The van der Waals surface area contributed by atoms with Crippen molar-refractivity contribution in [2.45, 2.75) is 451 Å². The van der Waals surface area contributed by atoms with Crippen LogP contribution in [0.25, 0.3) is 0 Å². The Labute approximate surface area is 607 Å². The molecule has 0 fully saturated rings. The van der Waals surface area contributed by atoms with E-state index in [9.17, 15) is 43.2 Å². The van der Waals surface area contributed by atoms with Gasteiger partial charge in [0.1, 0.15) is 19.3 Å². The van der Waals surface area contributed by atoms with E-state index >= 15 is 0 Å². The molecule has 0 aliphatic heterocycles. The van der Waals surface area contributed by atoms with Gasteiger partial charge in [-0.05, 0) is 25.7 Å². The van der Waals surface area contributed by atoms with Gasteiger partial charge < -0.3 is 33.8 Å². The molecule has 0 saturated carbocycles. The van der Waals surface area contributed by atoms with Crippen LogP contribution in [0.2, 0.25) is 0 Å². The Morgan fingerprint density at radius 3 is 0.596 bits per heavy atom. The SMILES string of the molecule is CCCCCCCCCCCCCCCCCCCCCCCCC(=O)O[C@H](COC(=O)CCCCCCCCCCCCCCCCCCC)COP(=O)(O)OC[C@@H](O)COP(=O)(O)OC[C@@H](COC(=O)CCCCCCC)OC(=O)CCCCCCCCCCCCCCCCC. The lowest BCUT2D eigenvalue weighted by molar-refractivity contribution is -0.161. The Kier molecular flexibility index (Phi) is 72.9. The van der Waals surface area contributed by atoms with E-state index in [0.29, 0.717) is 25.7 Å². The molecular weight excluding hydrogens is 1290 g/mol. The maximum atomic E-state index is 13.1. The summed E-state index contributed by atoms with van der Waals surface area (Å²) in [7, 11) is -9.90. The van der Waals surface area contributed by atoms with E-state index in [1.54, 1.807) is 0 Å². The number of hydrogen-bond donors (Lipinski definition) is 3. The Bertz CT molecular complexity index is 1880. The molecule has 0 rings (SSSR count). The Hall–Kier alpha value is -1.94. The molecule has 3 N–H and O–H groups in total. The topological polar surface area (TPSA) is 237 Å². The molecule has 0 aromatic carbocycles. The van der Waals surface area contributed by atoms with Gasteiger partial charge in [0.05, 0.1) is 26.4 Å². The summed E-state index contributed by atoms with van der Waals surface area (Å²) in [5.41, 5.74) is 0. The zero-order valence-electron chi connectivity index (χ0n) is 64.5. The summed E-state index contributed by atoms with van der Waals surface area (Å²) >= 11 is 0. The lowest BCUT2D eigenvalue weighted by Gasteiger charge is -2.21. The molecule has 0 radical (unpaired) electrons. The average molecular weight is 1450 g/mol. The van der Waals surface area contributed by atoms with Crippen LogP contribution in [0.15, 0.2) is 0 Å². The first-order chi connectivity index (χ1) is 48.2. The normalized spacial score (nSPS) is 13.8. The molecule has 0 heterocycles. The predicted octanol–water partition coefficient (Wildman–Crippen LogP) is 24.2. The summed E-state index contributed by atoms with van der Waals surface area (Å²) in [5.74, 6) is -2.12. The maximum absolute atomic E-state index is 13.1. The number of aliphatic hydroxyl groups is 1. The van der Waals surface area contributed by atoms with E-state index in [1.807, 2.05) is 0 Å². The van der Waals surface area contributed by atoms with Gasteiger partial charge in [0, 0.05) is 25.7 Å². The smallest absolute Gasteiger partial charge is 0.462 e. The molecule has 0 aromatic rings. The van der Waals surface area contributed by atoms with Crippen LogP contribution < -0.4 is 0 Å². The summed E-state index contributed by atoms with van der Waals surface area (Å²) in [5, 5.41) is 10.6. The number of carbonyl (C=O) groups excluding carboxylic acids is 4. The fraction of sp³-hybridized carbons (Fsp3) is 0.950. The zero-order valence-corrected chi connectivity index (χ0v) is 66.3. The van der Waals surface area contributed by atoms with E-state index in [2.05, 4.69) is 27.7 Å². The number of phosphoric ester groups is 2. The molecule has 0 spiro atoms. The monoisotopic (exact) mass is 1450 g/mol. The second kappa shape index (κ2) is 74.3. The third-order valence-electron chi connectivity index (χ3n) is 18.9. The van der Waals surface area contributed by atoms with Crippen LogP contribution in [0.5, 0.6) is 0 Å². The average Bonchev–Trinajstić information content (AvgIpc) is 0.975. The maximum Gasteiger partial charge on any atom is 0.472 e. The van der Waals surface area contributed by atoms with Crippen molar-refractivity contribution >= 4 is 39.5 Å². The van der Waals surface area contributed by atoms with Crippen LogP contribution in [0.4, 0.5) is 0 Å². The quantitative estimate of drug-likeness (QED) is 0.0222. The Morgan fingerprint density at radius 2 is 0.404 bits per heavy atom. The van der Waals surface area contributed by atoms with Gasteiger partial charge in [-0.2, -0.15) is 0 Å². The number of esters is 4. The van der Waals surface area contributed by atoms with Gasteiger partial charge in [0.15, 0.2) is 12.2 Å². The third kappa shape index (κ3) is 74.1. The minimum absolute atomic E-state index is 0.108. The van der Waals surface area contributed by atoms with Crippen molar-refractivity contribution in [2.24, 2.45) is 0 Å². The largest absolute Gasteiger partial charge is 0.472 e. The van der Waals surface area contributed by atoms with Crippen LogP contribution in [0, 0.1) is 0 Å². The second-order valence-electron chi connectivity index (χ2n) is 28.8. The number of rotatable bonds is 81. The first-order valence-electron chi connectivity index (χ1n) is 41.8. The van der Waals surface area contributed by atoms with Crippen molar-refractivity contribution in [3.05, 3.63) is 0 Å². The van der Waals surface area contributed by atoms with Crippen molar-refractivity contribution < 1.29 is 80.2 Å². The number of carbonyl (C=O) groups is 4. The highest BCUT2D eigenvalue weighted by Crippen LogP contribution is 2.45. The van der Waals surface area contributed by atoms with Crippen molar-refractivity contribution in [3.63, 3.8) is 0 Å². The molecule has 5 atom stereocenters. The van der Waals surface area contributed by atoms with Crippen molar-refractivity contribution in [2.75, 3.05) is 39.6 Å². The summed E-state index contributed by atoms with van der Waals surface area (Å²) in [6, 6.07) is 0. The fourth-order valence-electron chi connectivity index (χ4n) is 12.5. The minimum Gasteiger partial charge on any atom is -0.462 e. The summed E-state index contributed by atoms with van der Waals surface area (Å²) in [4.78, 5) is 72.7. The van der Waals surface area contributed by atoms with Crippen molar-refractivity contribution in [3.8, 4) is 0 Å². The standard InChI is InChI=1S/C80H156O17P2/c1-5-9-13-17-20-23-26-29-32-34-35-36-37-38-40-43-46-49-52-55-59-63-67-80(85)97-76(71-91-78(83)65-61-57-53-50-47-44-42-39-33-30-27-24-21-18-14-10-6-2)73-95-99(88,89)93-69-74(81)68-92-98(86,87)94-72-75(70-90-77(82)64-60-56-16-12-8-4)96-79(84)66-62-58-54-51-48-45-41-31-28-25-22-19-15-11-7-3/h74-76,81H,5-73H2,1-4H3,(H,86,87)(H,88,89)/t74-,75+,76+/m0/s1. The third-order valence-corrected chi connectivity index (χ3v) is 20.8. The van der Waals surface area contributed by atoms with Gasteiger partial charge in [0.25, 0.3) is 0 Å². The summed E-state index contributed by atoms with van der Waals surface area (Å²) < 4.78 is 68.4. The van der Waals surface area contributed by atoms with E-state index in [-0.39, 0.29) is 25.7 Å². The number of ether oxygens (including phenoxy) is 4. The van der Waals surface area contributed by atoms with Crippen LogP contribution in [-0.4, -0.2) is 96.7 Å². The second-order valence-corrected chi connectivity index (χ2v) is 31.7. The number of aliphatic hydroxyl groups excluding tert-OH is 1. The molecule has 0 aromatic heterocycles. The number of hydrogen-bond acceptors (Lipinski definition) is 15. The molecule has 99 heavy (non-hydrogen) atoms. The lowest BCUT2D eigenvalue weighted by atomic mass is 10.0. The van der Waals surface area contributed by atoms with E-state index in [4.69, 9.17) is 37.0 Å². The molecule has 0 aliphatic carbocycles. The molecule has 2 unspecified atom stereocenters. The van der Waals surface area contributed by atoms with Crippen LogP contribution >= 0.6 is 15.6 Å². The summed E-state index contributed by atoms with van der Waals surface area (Å²) in [6.07, 6.45) is 67.2. The van der Waals surface area contributed by atoms with Gasteiger partial charge in [-0.15, -0.1) is 0 Å². The van der Waals surface area contributed by atoms with Crippen LogP contribution in [0.3, 0.4) is 0 Å².